The number of benzene rings is 1. The Morgan fingerprint density at radius 3 is 2.85 bits per heavy atom. The first-order valence-electron chi connectivity index (χ1n) is 6.72. The van der Waals surface area contributed by atoms with Crippen LogP contribution in [0.5, 0.6) is 5.75 Å². The average Bonchev–Trinajstić information content (AvgIpc) is 2.43. The smallest absolute Gasteiger partial charge is 0.311 e. The molecule has 0 aliphatic heterocycles. The Balaban J connectivity index is 2.75. The van der Waals surface area contributed by atoms with Gasteiger partial charge in [-0.2, -0.15) is 11.8 Å². The van der Waals surface area contributed by atoms with Crippen LogP contribution in [0.1, 0.15) is 20.3 Å². The molecule has 1 atom stereocenters. The van der Waals surface area contributed by atoms with E-state index in [2.05, 4.69) is 18.5 Å². The van der Waals surface area contributed by atoms with Crippen LogP contribution in [-0.2, 0) is 0 Å². The van der Waals surface area contributed by atoms with Crippen LogP contribution in [0, 0.1) is 16.0 Å². The van der Waals surface area contributed by atoms with E-state index in [9.17, 15) is 10.1 Å². The van der Waals surface area contributed by atoms with Crippen molar-refractivity contribution in [3.05, 3.63) is 28.3 Å². The van der Waals surface area contributed by atoms with E-state index in [4.69, 9.17) is 4.74 Å². The molecule has 0 heterocycles. The molecule has 0 aromatic heterocycles. The predicted molar refractivity (Wildman–Crippen MR) is 84.9 cm³/mol. The lowest BCUT2D eigenvalue weighted by molar-refractivity contribution is -0.385. The molecule has 1 aromatic carbocycles. The molecule has 0 bridgehead atoms. The molecule has 0 fully saturated rings. The minimum Gasteiger partial charge on any atom is -0.487 e. The summed E-state index contributed by atoms with van der Waals surface area (Å²) in [4.78, 5) is 10.5. The van der Waals surface area contributed by atoms with Gasteiger partial charge in [-0.15, -0.1) is 0 Å². The molecule has 0 aliphatic rings. The van der Waals surface area contributed by atoms with Gasteiger partial charge in [-0.3, -0.25) is 10.1 Å². The first kappa shape index (κ1) is 16.6. The quantitative estimate of drug-likeness (QED) is 0.555. The molecule has 6 heteroatoms. The Labute approximate surface area is 124 Å². The SMILES string of the molecule is CCCOc1cc(NCC(C)CSC)ccc1[N+](=O)[O-]. The lowest BCUT2D eigenvalue weighted by Gasteiger charge is -2.13. The van der Waals surface area contributed by atoms with E-state index in [0.717, 1.165) is 24.4 Å². The number of rotatable bonds is 9. The van der Waals surface area contributed by atoms with Gasteiger partial charge in [0.15, 0.2) is 5.75 Å². The lowest BCUT2D eigenvalue weighted by atomic mass is 10.2. The van der Waals surface area contributed by atoms with Gasteiger partial charge >= 0.3 is 5.69 Å². The van der Waals surface area contributed by atoms with Crippen molar-refractivity contribution in [2.24, 2.45) is 5.92 Å². The number of nitro benzene ring substituents is 1. The summed E-state index contributed by atoms with van der Waals surface area (Å²) in [5.74, 6) is 1.96. The van der Waals surface area contributed by atoms with Crippen molar-refractivity contribution in [3.8, 4) is 5.75 Å². The lowest BCUT2D eigenvalue weighted by Crippen LogP contribution is -2.13. The molecule has 5 nitrogen and oxygen atoms in total. The molecule has 1 rings (SSSR count). The van der Waals surface area contributed by atoms with Crippen LogP contribution in [-0.4, -0.2) is 30.1 Å². The fourth-order valence-electron chi connectivity index (χ4n) is 1.74. The van der Waals surface area contributed by atoms with Crippen molar-refractivity contribution in [3.63, 3.8) is 0 Å². The van der Waals surface area contributed by atoms with Crippen molar-refractivity contribution in [1.82, 2.24) is 0 Å². The molecular formula is C14H22N2O3S. The third-order valence-corrected chi connectivity index (χ3v) is 3.63. The van der Waals surface area contributed by atoms with Crippen LogP contribution in [0.25, 0.3) is 0 Å². The van der Waals surface area contributed by atoms with E-state index in [0.29, 0.717) is 18.3 Å². The first-order valence-corrected chi connectivity index (χ1v) is 8.11. The number of hydrogen-bond donors (Lipinski definition) is 1. The number of hydrogen-bond acceptors (Lipinski definition) is 5. The van der Waals surface area contributed by atoms with Gasteiger partial charge in [0, 0.05) is 24.4 Å². The zero-order chi connectivity index (χ0) is 15.0. The Morgan fingerprint density at radius 1 is 1.50 bits per heavy atom. The Bertz CT molecular complexity index is 440. The van der Waals surface area contributed by atoms with E-state index in [-0.39, 0.29) is 5.69 Å². The summed E-state index contributed by atoms with van der Waals surface area (Å²) in [6, 6.07) is 4.93. The zero-order valence-corrected chi connectivity index (χ0v) is 13.0. The second kappa shape index (κ2) is 8.68. The third kappa shape index (κ3) is 5.28. The zero-order valence-electron chi connectivity index (χ0n) is 12.2. The van der Waals surface area contributed by atoms with Crippen LogP contribution in [0.2, 0.25) is 0 Å². The molecule has 0 amide bonds. The summed E-state index contributed by atoms with van der Waals surface area (Å²) in [6.07, 6.45) is 2.90. The largest absolute Gasteiger partial charge is 0.487 e. The van der Waals surface area contributed by atoms with Gasteiger partial charge in [0.2, 0.25) is 0 Å². The molecule has 1 unspecified atom stereocenters. The van der Waals surface area contributed by atoms with Crippen LogP contribution in [0.4, 0.5) is 11.4 Å². The minimum atomic E-state index is -0.412. The standard InChI is InChI=1S/C14H22N2O3S/c1-4-7-19-14-8-12(5-6-13(14)16(17)18)15-9-11(2)10-20-3/h5-6,8,11,15H,4,7,9-10H2,1-3H3. The van der Waals surface area contributed by atoms with Gasteiger partial charge in [-0.1, -0.05) is 13.8 Å². The van der Waals surface area contributed by atoms with Gasteiger partial charge in [-0.05, 0) is 30.4 Å². The fourth-order valence-corrected chi connectivity index (χ4v) is 2.42. The number of nitro groups is 1. The maximum Gasteiger partial charge on any atom is 0.311 e. The highest BCUT2D eigenvalue weighted by Gasteiger charge is 2.15. The van der Waals surface area contributed by atoms with Gasteiger partial charge < -0.3 is 10.1 Å². The molecule has 0 saturated carbocycles. The molecular weight excluding hydrogens is 276 g/mol. The number of anilines is 1. The van der Waals surface area contributed by atoms with Crippen molar-refractivity contribution in [2.75, 3.05) is 30.5 Å². The maximum atomic E-state index is 10.9. The normalized spacial score (nSPS) is 11.9. The summed E-state index contributed by atoms with van der Waals surface area (Å²) in [7, 11) is 0. The van der Waals surface area contributed by atoms with Crippen LogP contribution >= 0.6 is 11.8 Å². The molecule has 0 spiro atoms. The van der Waals surface area contributed by atoms with E-state index >= 15 is 0 Å². The van der Waals surface area contributed by atoms with Crippen molar-refractivity contribution in [2.45, 2.75) is 20.3 Å². The topological polar surface area (TPSA) is 64.4 Å². The second-order valence-corrected chi connectivity index (χ2v) is 5.64. The molecule has 20 heavy (non-hydrogen) atoms. The Kier molecular flexibility index (Phi) is 7.22. The molecule has 0 aliphatic carbocycles. The highest BCUT2D eigenvalue weighted by molar-refractivity contribution is 7.98. The summed E-state index contributed by atoms with van der Waals surface area (Å²) in [5, 5.41) is 14.2. The number of nitrogens with zero attached hydrogens (tertiary/aromatic N) is 1. The summed E-state index contributed by atoms with van der Waals surface area (Å²) >= 11 is 1.81. The highest BCUT2D eigenvalue weighted by Crippen LogP contribution is 2.30. The number of nitrogens with one attached hydrogen (secondary N) is 1. The Morgan fingerprint density at radius 2 is 2.25 bits per heavy atom. The van der Waals surface area contributed by atoms with E-state index < -0.39 is 4.92 Å². The van der Waals surface area contributed by atoms with E-state index in [1.54, 1.807) is 12.1 Å². The maximum absolute atomic E-state index is 10.9. The third-order valence-electron chi connectivity index (χ3n) is 2.72. The Hall–Kier alpha value is -1.43. The van der Waals surface area contributed by atoms with Crippen molar-refractivity contribution < 1.29 is 9.66 Å². The summed E-state index contributed by atoms with van der Waals surface area (Å²) in [5.41, 5.74) is 0.871. The van der Waals surface area contributed by atoms with Crippen molar-refractivity contribution >= 4 is 23.1 Å². The monoisotopic (exact) mass is 298 g/mol. The van der Waals surface area contributed by atoms with Crippen molar-refractivity contribution in [1.29, 1.82) is 0 Å². The second-order valence-electron chi connectivity index (χ2n) is 4.73. The van der Waals surface area contributed by atoms with E-state index in [1.165, 1.54) is 6.07 Å². The van der Waals surface area contributed by atoms with Crippen LogP contribution in [0.15, 0.2) is 18.2 Å². The van der Waals surface area contributed by atoms with Gasteiger partial charge in [0.1, 0.15) is 0 Å². The predicted octanol–water partition coefficient (Wildman–Crippen LogP) is 3.79. The van der Waals surface area contributed by atoms with Gasteiger partial charge in [-0.25, -0.2) is 0 Å². The number of thioether (sulfide) groups is 1. The average molecular weight is 298 g/mol. The first-order chi connectivity index (χ1) is 9.58. The van der Waals surface area contributed by atoms with Gasteiger partial charge in [0.05, 0.1) is 11.5 Å². The number of ether oxygens (including phenoxy) is 1. The molecule has 1 N–H and O–H groups in total. The molecule has 0 saturated heterocycles. The summed E-state index contributed by atoms with van der Waals surface area (Å²) in [6.45, 7) is 5.46. The minimum absolute atomic E-state index is 0.0150. The molecule has 1 aromatic rings. The summed E-state index contributed by atoms with van der Waals surface area (Å²) < 4.78 is 5.46. The van der Waals surface area contributed by atoms with Crippen LogP contribution < -0.4 is 10.1 Å². The molecule has 0 radical (unpaired) electrons. The van der Waals surface area contributed by atoms with E-state index in [1.807, 2.05) is 18.7 Å². The fraction of sp³-hybridized carbons (Fsp3) is 0.571. The van der Waals surface area contributed by atoms with Crippen LogP contribution in [0.3, 0.4) is 0 Å². The molecule has 112 valence electrons. The van der Waals surface area contributed by atoms with Gasteiger partial charge in [0.25, 0.3) is 0 Å². The highest BCUT2D eigenvalue weighted by atomic mass is 32.2.